The molecule has 8 heteroatoms. The molecule has 0 radical (unpaired) electrons. The molecule has 2 aliphatic rings. The summed E-state index contributed by atoms with van der Waals surface area (Å²) in [6, 6.07) is 5.90. The lowest BCUT2D eigenvalue weighted by atomic mass is 9.83. The number of carbonyl (C=O) groups excluding carboxylic acids is 1. The second-order valence-electron chi connectivity index (χ2n) is 8.23. The molecule has 146 valence electrons. The summed E-state index contributed by atoms with van der Waals surface area (Å²) in [5.41, 5.74) is -0.575. The van der Waals surface area contributed by atoms with Gasteiger partial charge in [0.15, 0.2) is 0 Å². The molecule has 1 amide bonds. The summed E-state index contributed by atoms with van der Waals surface area (Å²) in [5, 5.41) is 22.3. The lowest BCUT2D eigenvalue weighted by Crippen LogP contribution is -2.35. The fourth-order valence-electron chi connectivity index (χ4n) is 3.72. The zero-order valence-electron chi connectivity index (χ0n) is 16.1. The van der Waals surface area contributed by atoms with E-state index < -0.39 is 11.0 Å². The Balaban J connectivity index is 1.53. The van der Waals surface area contributed by atoms with Gasteiger partial charge in [-0.2, -0.15) is 5.26 Å². The maximum Gasteiger partial charge on any atom is 0.247 e. The first-order chi connectivity index (χ1) is 13.4. The molecule has 1 saturated carbocycles. The number of nitriles is 1. The predicted octanol–water partition coefficient (Wildman–Crippen LogP) is 2.41. The summed E-state index contributed by atoms with van der Waals surface area (Å²) in [7, 11) is 0. The molecule has 2 N–H and O–H groups in total. The highest BCUT2D eigenvalue weighted by Crippen LogP contribution is 2.51. The monoisotopic (exact) mass is 380 g/mol. The molecule has 1 unspecified atom stereocenters. The van der Waals surface area contributed by atoms with Crippen molar-refractivity contribution >= 4 is 23.2 Å². The number of aromatic nitrogens is 3. The zero-order chi connectivity index (χ0) is 19.9. The Bertz CT molecular complexity index is 942. The van der Waals surface area contributed by atoms with E-state index in [2.05, 4.69) is 21.4 Å². The van der Waals surface area contributed by atoms with Crippen molar-refractivity contribution in [1.29, 1.82) is 5.26 Å². The van der Waals surface area contributed by atoms with Crippen LogP contribution < -0.4 is 10.2 Å². The van der Waals surface area contributed by atoms with Crippen LogP contribution in [-0.2, 0) is 10.3 Å². The summed E-state index contributed by atoms with van der Waals surface area (Å²) in [4.78, 5) is 23.3. The predicted molar refractivity (Wildman–Crippen MR) is 104 cm³/mol. The SMILES string of the molecule is CC(C)(CO)n1cnc(Nc2cc(N3CCC(C#N)(C4CC4)C3=O)ccn2)c1. The first-order valence-electron chi connectivity index (χ1n) is 9.51. The van der Waals surface area contributed by atoms with Crippen LogP contribution in [0, 0.1) is 22.7 Å². The Kier molecular flexibility index (Phi) is 4.35. The van der Waals surface area contributed by atoms with Gasteiger partial charge in [0.2, 0.25) is 5.91 Å². The molecule has 2 aromatic heterocycles. The van der Waals surface area contributed by atoms with Crippen LogP contribution in [-0.4, -0.2) is 38.7 Å². The number of carbonyl (C=O) groups is 1. The standard InChI is InChI=1S/C20H24N6O2/c1-19(2,12-27)25-10-17(23-13-25)24-16-9-15(5-7-22-16)26-8-6-20(11-21,18(26)28)14-3-4-14/h5,7,9-10,13-14,27H,3-4,6,8,12H2,1-2H3,(H,22,24). The normalized spacial score (nSPS) is 22.4. The van der Waals surface area contributed by atoms with Crippen LogP contribution in [0.4, 0.5) is 17.3 Å². The molecule has 0 spiro atoms. The third-order valence-corrected chi connectivity index (χ3v) is 5.81. The van der Waals surface area contributed by atoms with Crippen LogP contribution in [0.1, 0.15) is 33.1 Å². The Morgan fingerprint density at radius 2 is 2.18 bits per heavy atom. The average molecular weight is 380 g/mol. The molecule has 8 nitrogen and oxygen atoms in total. The van der Waals surface area contributed by atoms with Crippen molar-refractivity contribution < 1.29 is 9.90 Å². The molecule has 0 aromatic carbocycles. The van der Waals surface area contributed by atoms with Crippen LogP contribution in [0.5, 0.6) is 0 Å². The number of nitrogens with one attached hydrogen (secondary N) is 1. The van der Waals surface area contributed by atoms with Crippen LogP contribution in [0.25, 0.3) is 0 Å². The molecule has 28 heavy (non-hydrogen) atoms. The Morgan fingerprint density at radius 3 is 2.86 bits per heavy atom. The van der Waals surface area contributed by atoms with Gasteiger partial charge in [0.05, 0.1) is 24.5 Å². The van der Waals surface area contributed by atoms with Crippen molar-refractivity contribution in [2.24, 2.45) is 11.3 Å². The number of rotatable bonds is 6. The molecular weight excluding hydrogens is 356 g/mol. The zero-order valence-corrected chi connectivity index (χ0v) is 16.1. The van der Waals surface area contributed by atoms with Crippen molar-refractivity contribution in [2.75, 3.05) is 23.4 Å². The first kappa shape index (κ1) is 18.4. The summed E-state index contributed by atoms with van der Waals surface area (Å²) >= 11 is 0. The van der Waals surface area contributed by atoms with Gasteiger partial charge in [-0.3, -0.25) is 4.79 Å². The molecule has 1 saturated heterocycles. The topological polar surface area (TPSA) is 107 Å². The Hall–Kier alpha value is -2.92. The van der Waals surface area contributed by atoms with Gasteiger partial charge in [-0.05, 0) is 45.1 Å². The lowest BCUT2D eigenvalue weighted by Gasteiger charge is -2.23. The number of pyridine rings is 1. The molecule has 2 aromatic rings. The van der Waals surface area contributed by atoms with Gasteiger partial charge >= 0.3 is 0 Å². The molecule has 1 atom stereocenters. The van der Waals surface area contributed by atoms with Gasteiger partial charge in [0.25, 0.3) is 0 Å². The second-order valence-corrected chi connectivity index (χ2v) is 8.23. The van der Waals surface area contributed by atoms with Crippen LogP contribution >= 0.6 is 0 Å². The highest BCUT2D eigenvalue weighted by atomic mass is 16.3. The highest BCUT2D eigenvalue weighted by Gasteiger charge is 2.56. The molecule has 0 bridgehead atoms. The number of imidazole rings is 1. The number of hydrogen-bond donors (Lipinski definition) is 2. The fourth-order valence-corrected chi connectivity index (χ4v) is 3.72. The van der Waals surface area contributed by atoms with Crippen molar-refractivity contribution in [2.45, 2.75) is 38.6 Å². The van der Waals surface area contributed by atoms with E-state index in [9.17, 15) is 15.2 Å². The van der Waals surface area contributed by atoms with Gasteiger partial charge in [-0.25, -0.2) is 9.97 Å². The van der Waals surface area contributed by atoms with E-state index in [0.717, 1.165) is 18.5 Å². The van der Waals surface area contributed by atoms with Crippen LogP contribution in [0.15, 0.2) is 30.9 Å². The number of aliphatic hydroxyl groups excluding tert-OH is 1. The molecule has 3 heterocycles. The van der Waals surface area contributed by atoms with Crippen molar-refractivity contribution in [3.8, 4) is 6.07 Å². The third-order valence-electron chi connectivity index (χ3n) is 5.81. The smallest absolute Gasteiger partial charge is 0.247 e. The highest BCUT2D eigenvalue weighted by molar-refractivity contribution is 6.02. The molecular formula is C20H24N6O2. The summed E-state index contributed by atoms with van der Waals surface area (Å²) in [6.07, 6.45) is 7.61. The summed E-state index contributed by atoms with van der Waals surface area (Å²) < 4.78 is 1.83. The minimum atomic E-state index is -0.856. The lowest BCUT2D eigenvalue weighted by molar-refractivity contribution is -0.123. The second kappa shape index (κ2) is 6.60. The summed E-state index contributed by atoms with van der Waals surface area (Å²) in [5.74, 6) is 1.28. The number of amides is 1. The van der Waals surface area contributed by atoms with E-state index in [-0.39, 0.29) is 18.4 Å². The van der Waals surface area contributed by atoms with Gasteiger partial charge in [0, 0.05) is 30.7 Å². The van der Waals surface area contributed by atoms with E-state index in [1.54, 1.807) is 35.8 Å². The fraction of sp³-hybridized carbons (Fsp3) is 0.500. The van der Waals surface area contributed by atoms with Crippen LogP contribution in [0.2, 0.25) is 0 Å². The van der Waals surface area contributed by atoms with Gasteiger partial charge in [0.1, 0.15) is 17.1 Å². The van der Waals surface area contributed by atoms with E-state index in [1.165, 1.54) is 0 Å². The van der Waals surface area contributed by atoms with E-state index in [4.69, 9.17) is 0 Å². The number of nitrogens with zero attached hydrogens (tertiary/aromatic N) is 5. The minimum Gasteiger partial charge on any atom is -0.394 e. The van der Waals surface area contributed by atoms with E-state index in [1.807, 2.05) is 18.4 Å². The number of hydrogen-bond acceptors (Lipinski definition) is 6. The Labute approximate surface area is 163 Å². The minimum absolute atomic E-state index is 0.00472. The van der Waals surface area contributed by atoms with E-state index in [0.29, 0.717) is 24.6 Å². The quantitative estimate of drug-likeness (QED) is 0.797. The third kappa shape index (κ3) is 3.02. The van der Waals surface area contributed by atoms with Gasteiger partial charge in [-0.1, -0.05) is 0 Å². The van der Waals surface area contributed by atoms with Crippen molar-refractivity contribution in [1.82, 2.24) is 14.5 Å². The average Bonchev–Trinajstić information content (AvgIpc) is 3.34. The molecule has 1 aliphatic carbocycles. The summed E-state index contributed by atoms with van der Waals surface area (Å²) in [6.45, 7) is 4.37. The van der Waals surface area contributed by atoms with Gasteiger partial charge < -0.3 is 19.9 Å². The first-order valence-corrected chi connectivity index (χ1v) is 9.51. The maximum absolute atomic E-state index is 13.0. The maximum atomic E-state index is 13.0. The number of aliphatic hydroxyl groups is 1. The van der Waals surface area contributed by atoms with Crippen molar-refractivity contribution in [3.63, 3.8) is 0 Å². The molecule has 1 aliphatic heterocycles. The largest absolute Gasteiger partial charge is 0.394 e. The van der Waals surface area contributed by atoms with E-state index >= 15 is 0 Å². The van der Waals surface area contributed by atoms with Gasteiger partial charge in [-0.15, -0.1) is 0 Å². The number of anilines is 3. The van der Waals surface area contributed by atoms with Crippen LogP contribution in [0.3, 0.4) is 0 Å². The molecule has 4 rings (SSSR count). The Morgan fingerprint density at radius 1 is 1.39 bits per heavy atom. The van der Waals surface area contributed by atoms with Crippen molar-refractivity contribution in [3.05, 3.63) is 30.9 Å². The molecule has 2 fully saturated rings.